The highest BCUT2D eigenvalue weighted by atomic mass is 35.5. The van der Waals surface area contributed by atoms with Gasteiger partial charge in [-0.3, -0.25) is 4.79 Å². The number of hydrogen-bond acceptors (Lipinski definition) is 2. The van der Waals surface area contributed by atoms with E-state index in [1.54, 1.807) is 0 Å². The third-order valence-electron chi connectivity index (χ3n) is 3.14. The Labute approximate surface area is 94.7 Å². The molecule has 0 saturated carbocycles. The highest BCUT2D eigenvalue weighted by Gasteiger charge is 2.36. The summed E-state index contributed by atoms with van der Waals surface area (Å²) in [4.78, 5) is 11.7. The van der Waals surface area contributed by atoms with Gasteiger partial charge in [-0.05, 0) is 11.6 Å². The van der Waals surface area contributed by atoms with E-state index < -0.39 is 0 Å². The van der Waals surface area contributed by atoms with Crippen LogP contribution in [0, 0.1) is 0 Å². The van der Waals surface area contributed by atoms with Gasteiger partial charge in [-0.1, -0.05) is 18.2 Å². The fourth-order valence-electron chi connectivity index (χ4n) is 2.43. The molecule has 4 heteroatoms. The van der Waals surface area contributed by atoms with E-state index in [0.29, 0.717) is 5.92 Å². The predicted molar refractivity (Wildman–Crippen MR) is 60.6 cm³/mol. The first-order valence-electron chi connectivity index (χ1n) is 4.97. The van der Waals surface area contributed by atoms with Crippen LogP contribution in [0.25, 0.3) is 0 Å². The zero-order valence-corrected chi connectivity index (χ0v) is 9.01. The second-order valence-corrected chi connectivity index (χ2v) is 3.93. The van der Waals surface area contributed by atoms with E-state index in [2.05, 4.69) is 16.7 Å². The highest BCUT2D eigenvalue weighted by molar-refractivity contribution is 5.97. The summed E-state index contributed by atoms with van der Waals surface area (Å²) >= 11 is 0. The normalized spacial score (nSPS) is 27.3. The molecule has 0 unspecified atom stereocenters. The summed E-state index contributed by atoms with van der Waals surface area (Å²) < 4.78 is 0. The van der Waals surface area contributed by atoms with Crippen molar-refractivity contribution in [2.45, 2.75) is 12.0 Å². The number of hydrogen-bond donors (Lipinski definition) is 2. The molecule has 15 heavy (non-hydrogen) atoms. The van der Waals surface area contributed by atoms with Crippen LogP contribution >= 0.6 is 12.4 Å². The second-order valence-electron chi connectivity index (χ2n) is 3.93. The van der Waals surface area contributed by atoms with Crippen LogP contribution in [0.4, 0.5) is 0 Å². The second kappa shape index (κ2) is 3.83. The first-order valence-corrected chi connectivity index (χ1v) is 4.97. The maximum absolute atomic E-state index is 11.7. The molecule has 2 N–H and O–H groups in total. The first-order chi connectivity index (χ1) is 6.86. The predicted octanol–water partition coefficient (Wildman–Crippen LogP) is 0.907. The summed E-state index contributed by atoms with van der Waals surface area (Å²) in [7, 11) is 0. The highest BCUT2D eigenvalue weighted by Crippen LogP contribution is 2.29. The zero-order chi connectivity index (χ0) is 9.54. The lowest BCUT2D eigenvalue weighted by molar-refractivity contribution is 0.0924. The van der Waals surface area contributed by atoms with Crippen LogP contribution in [-0.4, -0.2) is 25.0 Å². The molecular weight excluding hydrogens is 212 g/mol. The van der Waals surface area contributed by atoms with Crippen LogP contribution in [0.1, 0.15) is 21.8 Å². The SMILES string of the molecule is Cl.O=C1N[C@@H]2CNC[C@H]2c2ccccc21. The van der Waals surface area contributed by atoms with Gasteiger partial charge in [-0.2, -0.15) is 0 Å². The molecule has 1 fully saturated rings. The van der Waals surface area contributed by atoms with Gasteiger partial charge in [0.25, 0.3) is 5.91 Å². The third kappa shape index (κ3) is 1.52. The van der Waals surface area contributed by atoms with Crippen molar-refractivity contribution in [3.05, 3.63) is 35.4 Å². The van der Waals surface area contributed by atoms with Crippen LogP contribution < -0.4 is 10.6 Å². The molecule has 3 rings (SSSR count). The van der Waals surface area contributed by atoms with E-state index in [0.717, 1.165) is 18.7 Å². The van der Waals surface area contributed by atoms with Gasteiger partial charge >= 0.3 is 0 Å². The molecule has 1 aromatic carbocycles. The largest absolute Gasteiger partial charge is 0.347 e. The summed E-state index contributed by atoms with van der Waals surface area (Å²) in [5.74, 6) is 0.537. The van der Waals surface area contributed by atoms with Crippen LogP contribution in [0.2, 0.25) is 0 Å². The Kier molecular flexibility index (Phi) is 2.67. The van der Waals surface area contributed by atoms with Crippen molar-refractivity contribution in [2.75, 3.05) is 13.1 Å². The van der Waals surface area contributed by atoms with E-state index in [4.69, 9.17) is 0 Å². The molecular formula is C11H13ClN2O. The molecule has 2 aliphatic heterocycles. The van der Waals surface area contributed by atoms with E-state index in [1.165, 1.54) is 5.56 Å². The molecule has 2 atom stereocenters. The molecule has 2 aliphatic rings. The molecule has 0 aromatic heterocycles. The van der Waals surface area contributed by atoms with Gasteiger partial charge in [-0.15, -0.1) is 12.4 Å². The van der Waals surface area contributed by atoms with Crippen LogP contribution in [0.3, 0.4) is 0 Å². The van der Waals surface area contributed by atoms with Crippen molar-refractivity contribution in [3.63, 3.8) is 0 Å². The van der Waals surface area contributed by atoms with E-state index in [-0.39, 0.29) is 24.4 Å². The monoisotopic (exact) mass is 224 g/mol. The van der Waals surface area contributed by atoms with Crippen LogP contribution in [-0.2, 0) is 0 Å². The summed E-state index contributed by atoms with van der Waals surface area (Å²) in [6.07, 6.45) is 0. The van der Waals surface area contributed by atoms with Gasteiger partial charge in [0.05, 0.1) is 0 Å². The van der Waals surface area contributed by atoms with E-state index in [1.807, 2.05) is 18.2 Å². The lowest BCUT2D eigenvalue weighted by Crippen LogP contribution is -2.44. The summed E-state index contributed by atoms with van der Waals surface area (Å²) in [5, 5.41) is 6.34. The first kappa shape index (κ1) is 10.5. The summed E-state index contributed by atoms with van der Waals surface area (Å²) in [6, 6.07) is 8.18. The molecule has 3 nitrogen and oxygen atoms in total. The van der Waals surface area contributed by atoms with Gasteiger partial charge in [0.15, 0.2) is 0 Å². The molecule has 1 saturated heterocycles. The smallest absolute Gasteiger partial charge is 0.251 e. The number of rotatable bonds is 0. The zero-order valence-electron chi connectivity index (χ0n) is 8.19. The maximum atomic E-state index is 11.7. The Morgan fingerprint density at radius 1 is 1.20 bits per heavy atom. The fraction of sp³-hybridized carbons (Fsp3) is 0.364. The number of benzene rings is 1. The number of nitrogens with one attached hydrogen (secondary N) is 2. The van der Waals surface area contributed by atoms with Gasteiger partial charge in [0.2, 0.25) is 0 Å². The van der Waals surface area contributed by atoms with Gasteiger partial charge < -0.3 is 10.6 Å². The Morgan fingerprint density at radius 3 is 2.87 bits per heavy atom. The van der Waals surface area contributed by atoms with Crippen molar-refractivity contribution >= 4 is 18.3 Å². The van der Waals surface area contributed by atoms with Crippen LogP contribution in [0.15, 0.2) is 24.3 Å². The molecule has 0 aliphatic carbocycles. The Balaban J connectivity index is 0.000000853. The average molecular weight is 225 g/mol. The van der Waals surface area contributed by atoms with E-state index in [9.17, 15) is 4.79 Å². The van der Waals surface area contributed by atoms with Crippen molar-refractivity contribution < 1.29 is 4.79 Å². The van der Waals surface area contributed by atoms with E-state index >= 15 is 0 Å². The summed E-state index contributed by atoms with van der Waals surface area (Å²) in [6.45, 7) is 1.87. The quantitative estimate of drug-likeness (QED) is 0.688. The Hall–Kier alpha value is -1.06. The maximum Gasteiger partial charge on any atom is 0.251 e. The molecule has 1 aromatic rings. The molecule has 80 valence electrons. The lowest BCUT2D eigenvalue weighted by atomic mass is 9.86. The van der Waals surface area contributed by atoms with Crippen molar-refractivity contribution in [3.8, 4) is 0 Å². The number of fused-ring (bicyclic) bond motifs is 3. The van der Waals surface area contributed by atoms with Crippen molar-refractivity contribution in [1.29, 1.82) is 0 Å². The number of carbonyl (C=O) groups is 1. The molecule has 0 spiro atoms. The topological polar surface area (TPSA) is 41.1 Å². The third-order valence-corrected chi connectivity index (χ3v) is 3.14. The van der Waals surface area contributed by atoms with Crippen molar-refractivity contribution in [1.82, 2.24) is 10.6 Å². The minimum atomic E-state index is 0. The molecule has 0 radical (unpaired) electrons. The molecule has 0 bridgehead atoms. The number of carbonyl (C=O) groups excluding carboxylic acids is 1. The minimum absolute atomic E-state index is 0. The average Bonchev–Trinajstić information content (AvgIpc) is 2.66. The Bertz CT molecular complexity index is 394. The van der Waals surface area contributed by atoms with Crippen molar-refractivity contribution in [2.24, 2.45) is 0 Å². The molecule has 2 heterocycles. The van der Waals surface area contributed by atoms with Gasteiger partial charge in [-0.25, -0.2) is 0 Å². The number of halogens is 1. The van der Waals surface area contributed by atoms with Gasteiger partial charge in [0.1, 0.15) is 0 Å². The lowest BCUT2D eigenvalue weighted by Gasteiger charge is -2.27. The molecule has 1 amide bonds. The Morgan fingerprint density at radius 2 is 2.00 bits per heavy atom. The standard InChI is InChI=1S/C11H12N2O.ClH/c14-11-8-4-2-1-3-7(8)9-5-12-6-10(9)13-11;/h1-4,9-10,12H,5-6H2,(H,13,14);1H/t9-,10+;/m0./s1. The minimum Gasteiger partial charge on any atom is -0.347 e. The summed E-state index contributed by atoms with van der Waals surface area (Å²) in [5.41, 5.74) is 2.05. The van der Waals surface area contributed by atoms with Crippen LogP contribution in [0.5, 0.6) is 0 Å². The van der Waals surface area contributed by atoms with Gasteiger partial charge in [0, 0.05) is 30.6 Å². The fourth-order valence-corrected chi connectivity index (χ4v) is 2.43. The number of amides is 1.